The highest BCUT2D eigenvalue weighted by Crippen LogP contribution is 2.39. The number of pyridine rings is 1. The van der Waals surface area contributed by atoms with Crippen molar-refractivity contribution in [2.24, 2.45) is 0 Å². The predicted octanol–water partition coefficient (Wildman–Crippen LogP) is 9.25. The van der Waals surface area contributed by atoms with Crippen LogP contribution in [-0.2, 0) is 12.8 Å². The molecule has 0 atom stereocenters. The highest BCUT2D eigenvalue weighted by atomic mass is 79.9. The standard InChI is InChI=1S/C22H19ClN6.C17H14BrClN4/c1-14-26-27-22-10-11-28(18-6-4-17(23)5-7-18)20-12-15(2-8-19(20)29(14)22)16-3-9-21(24)25-13-16;1-11-20-21-17-8-9-22(14-5-3-13(19)4-6-14)16-10-12(18)2-7-15(16)23(11)17/h2-9,12-13H,10-11H2,1H3,(H2,24,25);2-7,10H,8-9H2,1H3. The summed E-state index contributed by atoms with van der Waals surface area (Å²) in [6, 6.07) is 32.4. The zero-order chi connectivity index (χ0) is 35.9. The zero-order valence-electron chi connectivity index (χ0n) is 28.4. The molecular weight excluding hydrogens is 759 g/mol. The fourth-order valence-electron chi connectivity index (χ4n) is 6.79. The van der Waals surface area contributed by atoms with E-state index in [0.717, 1.165) is 109 Å². The largest absolute Gasteiger partial charge is 0.384 e. The molecule has 0 amide bonds. The summed E-state index contributed by atoms with van der Waals surface area (Å²) in [6.07, 6.45) is 3.42. The number of hydrogen-bond acceptors (Lipinski definition) is 8. The molecule has 52 heavy (non-hydrogen) atoms. The predicted molar refractivity (Wildman–Crippen MR) is 212 cm³/mol. The Morgan fingerprint density at radius 2 is 1.08 bits per heavy atom. The lowest BCUT2D eigenvalue weighted by Crippen LogP contribution is -2.19. The molecule has 4 aromatic carbocycles. The number of nitrogen functional groups attached to an aromatic ring is 1. The van der Waals surface area contributed by atoms with Gasteiger partial charge in [-0.3, -0.25) is 9.13 Å². The number of nitrogens with two attached hydrogens (primary N) is 1. The van der Waals surface area contributed by atoms with Gasteiger partial charge in [-0.05, 0) is 110 Å². The number of hydrogen-bond donors (Lipinski definition) is 1. The molecule has 0 saturated heterocycles. The Hall–Kier alpha value is -5.23. The molecule has 0 radical (unpaired) electrons. The van der Waals surface area contributed by atoms with Crippen LogP contribution in [0.4, 0.5) is 28.6 Å². The minimum absolute atomic E-state index is 0.510. The van der Waals surface area contributed by atoms with E-state index in [1.165, 1.54) is 0 Å². The molecule has 9 rings (SSSR count). The average molecular weight is 793 g/mol. The fraction of sp³-hybridized carbons (Fsp3) is 0.154. The van der Waals surface area contributed by atoms with Crippen molar-refractivity contribution in [3.8, 4) is 22.5 Å². The zero-order valence-corrected chi connectivity index (χ0v) is 31.5. The van der Waals surface area contributed by atoms with Gasteiger partial charge >= 0.3 is 0 Å². The summed E-state index contributed by atoms with van der Waals surface area (Å²) < 4.78 is 5.32. The Balaban J connectivity index is 0.000000153. The highest BCUT2D eigenvalue weighted by Gasteiger charge is 2.25. The van der Waals surface area contributed by atoms with Crippen LogP contribution in [0.1, 0.15) is 23.3 Å². The van der Waals surface area contributed by atoms with E-state index in [4.69, 9.17) is 28.9 Å². The Morgan fingerprint density at radius 1 is 0.577 bits per heavy atom. The van der Waals surface area contributed by atoms with E-state index in [9.17, 15) is 0 Å². The molecule has 5 heterocycles. The summed E-state index contributed by atoms with van der Waals surface area (Å²) in [5.74, 6) is 4.24. The molecule has 0 unspecified atom stereocenters. The SMILES string of the molecule is Cc1nnc2n1-c1ccc(-c3ccc(N)nc3)cc1N(c1ccc(Cl)cc1)CC2.Cc1nnc2n1-c1ccc(Br)cc1N(c1ccc(Cl)cc1)CC2. The maximum Gasteiger partial charge on any atom is 0.139 e. The molecule has 3 aromatic heterocycles. The summed E-state index contributed by atoms with van der Waals surface area (Å²) in [7, 11) is 0. The third kappa shape index (κ3) is 6.51. The molecule has 0 bridgehead atoms. The maximum absolute atomic E-state index is 6.12. The number of rotatable bonds is 3. The van der Waals surface area contributed by atoms with Crippen molar-refractivity contribution in [2.45, 2.75) is 26.7 Å². The van der Waals surface area contributed by atoms with Crippen LogP contribution in [0.15, 0.2) is 108 Å². The second-order valence-corrected chi connectivity index (χ2v) is 14.4. The molecule has 0 spiro atoms. The van der Waals surface area contributed by atoms with Crippen molar-refractivity contribution < 1.29 is 0 Å². The number of aromatic nitrogens is 7. The van der Waals surface area contributed by atoms with Gasteiger partial charge in [-0.15, -0.1) is 20.4 Å². The summed E-state index contributed by atoms with van der Waals surface area (Å²) in [5, 5.41) is 18.7. The number of benzene rings is 4. The van der Waals surface area contributed by atoms with Gasteiger partial charge in [-0.2, -0.15) is 0 Å². The summed E-state index contributed by atoms with van der Waals surface area (Å²) in [6.45, 7) is 5.59. The minimum Gasteiger partial charge on any atom is -0.384 e. The lowest BCUT2D eigenvalue weighted by Gasteiger charge is -2.26. The summed E-state index contributed by atoms with van der Waals surface area (Å²) in [4.78, 5) is 8.83. The van der Waals surface area contributed by atoms with Crippen molar-refractivity contribution in [3.63, 3.8) is 0 Å². The van der Waals surface area contributed by atoms with Gasteiger partial charge in [-0.25, -0.2) is 4.98 Å². The molecule has 10 nitrogen and oxygen atoms in total. The van der Waals surface area contributed by atoms with Crippen molar-refractivity contribution in [1.82, 2.24) is 34.5 Å². The van der Waals surface area contributed by atoms with Crippen molar-refractivity contribution in [3.05, 3.63) is 141 Å². The number of fused-ring (bicyclic) bond motifs is 6. The van der Waals surface area contributed by atoms with E-state index < -0.39 is 0 Å². The number of aryl methyl sites for hydroxylation is 2. The highest BCUT2D eigenvalue weighted by molar-refractivity contribution is 9.10. The van der Waals surface area contributed by atoms with Crippen molar-refractivity contribution >= 4 is 67.7 Å². The maximum atomic E-state index is 6.12. The van der Waals surface area contributed by atoms with Gasteiger partial charge in [0.2, 0.25) is 0 Å². The average Bonchev–Trinajstić information content (AvgIpc) is 3.59. The molecule has 7 aromatic rings. The van der Waals surface area contributed by atoms with E-state index in [1.807, 2.05) is 80.6 Å². The second kappa shape index (κ2) is 14.1. The third-order valence-corrected chi connectivity index (χ3v) is 10.3. The lowest BCUT2D eigenvalue weighted by molar-refractivity contribution is 0.838. The van der Waals surface area contributed by atoms with Crippen LogP contribution < -0.4 is 15.5 Å². The first-order chi connectivity index (χ1) is 25.2. The Morgan fingerprint density at radius 3 is 1.60 bits per heavy atom. The van der Waals surface area contributed by atoms with Crippen LogP contribution in [0, 0.1) is 13.8 Å². The Bertz CT molecular complexity index is 2390. The van der Waals surface area contributed by atoms with Crippen LogP contribution >= 0.6 is 39.1 Å². The molecule has 2 aliphatic rings. The fourth-order valence-corrected chi connectivity index (χ4v) is 7.39. The first kappa shape index (κ1) is 33.9. The lowest BCUT2D eigenvalue weighted by atomic mass is 10.0. The van der Waals surface area contributed by atoms with Gasteiger partial charge in [-0.1, -0.05) is 45.2 Å². The minimum atomic E-state index is 0.510. The Labute approximate surface area is 319 Å². The smallest absolute Gasteiger partial charge is 0.139 e. The first-order valence-corrected chi connectivity index (χ1v) is 18.3. The summed E-state index contributed by atoms with van der Waals surface area (Å²) >= 11 is 15.7. The van der Waals surface area contributed by atoms with Gasteiger partial charge in [0, 0.05) is 63.6 Å². The van der Waals surface area contributed by atoms with Crippen molar-refractivity contribution in [1.29, 1.82) is 0 Å². The van der Waals surface area contributed by atoms with E-state index >= 15 is 0 Å². The van der Waals surface area contributed by atoms with Gasteiger partial charge in [0.1, 0.15) is 29.1 Å². The normalized spacial score (nSPS) is 13.2. The molecule has 0 saturated carbocycles. The quantitative estimate of drug-likeness (QED) is 0.189. The third-order valence-electron chi connectivity index (χ3n) is 9.27. The Kier molecular flexibility index (Phi) is 9.16. The topological polar surface area (TPSA) is 107 Å². The van der Waals surface area contributed by atoms with Crippen LogP contribution in [0.25, 0.3) is 22.5 Å². The van der Waals surface area contributed by atoms with E-state index in [0.29, 0.717) is 5.82 Å². The van der Waals surface area contributed by atoms with Crippen LogP contribution in [-0.4, -0.2) is 47.6 Å². The van der Waals surface area contributed by atoms with Gasteiger partial charge < -0.3 is 15.5 Å². The first-order valence-electron chi connectivity index (χ1n) is 16.8. The van der Waals surface area contributed by atoms with Gasteiger partial charge in [0.15, 0.2) is 0 Å². The number of anilines is 5. The molecule has 2 aliphatic heterocycles. The van der Waals surface area contributed by atoms with Gasteiger partial charge in [0.05, 0.1) is 22.7 Å². The van der Waals surface area contributed by atoms with E-state index in [2.05, 4.69) is 90.6 Å². The molecule has 260 valence electrons. The van der Waals surface area contributed by atoms with Crippen molar-refractivity contribution in [2.75, 3.05) is 28.6 Å². The monoisotopic (exact) mass is 790 g/mol. The van der Waals surface area contributed by atoms with Crippen LogP contribution in [0.5, 0.6) is 0 Å². The van der Waals surface area contributed by atoms with Crippen LogP contribution in [0.2, 0.25) is 10.0 Å². The molecule has 2 N–H and O–H groups in total. The number of nitrogens with zero attached hydrogens (tertiary/aromatic N) is 9. The van der Waals surface area contributed by atoms with E-state index in [1.54, 1.807) is 6.20 Å². The van der Waals surface area contributed by atoms with E-state index in [-0.39, 0.29) is 0 Å². The number of halogens is 3. The van der Waals surface area contributed by atoms with Gasteiger partial charge in [0.25, 0.3) is 0 Å². The molecule has 0 aliphatic carbocycles. The second-order valence-electron chi connectivity index (χ2n) is 12.6. The molecule has 0 fully saturated rings. The molecular formula is C39H33BrCl2N10. The summed E-state index contributed by atoms with van der Waals surface area (Å²) in [5.41, 5.74) is 14.4. The van der Waals surface area contributed by atoms with Crippen LogP contribution in [0.3, 0.4) is 0 Å². The molecule has 13 heteroatoms.